The fraction of sp³-hybridized carbons (Fsp3) is 0.381. The average Bonchev–Trinajstić information content (AvgIpc) is 2.73. The number of ether oxygens (including phenoxy) is 1. The smallest absolute Gasteiger partial charge is 0.274 e. The van der Waals surface area contributed by atoms with E-state index >= 15 is 0 Å². The van der Waals surface area contributed by atoms with Gasteiger partial charge in [-0.2, -0.15) is 0 Å². The Morgan fingerprint density at radius 1 is 1.11 bits per heavy atom. The summed E-state index contributed by atoms with van der Waals surface area (Å²) in [7, 11) is 1.55. The molecule has 1 aromatic carbocycles. The number of anilines is 1. The lowest BCUT2D eigenvalue weighted by Gasteiger charge is -2.33. The number of nitrogens with one attached hydrogen (secondary N) is 1. The molecule has 7 heteroatoms. The Labute approximate surface area is 165 Å². The van der Waals surface area contributed by atoms with Crippen molar-refractivity contribution in [3.05, 3.63) is 53.3 Å². The lowest BCUT2D eigenvalue weighted by atomic mass is 10.2. The summed E-state index contributed by atoms with van der Waals surface area (Å²) in [6.07, 6.45) is 0. The van der Waals surface area contributed by atoms with E-state index in [9.17, 15) is 9.59 Å². The highest BCUT2D eigenvalue weighted by atomic mass is 16.5. The zero-order chi connectivity index (χ0) is 20.1. The van der Waals surface area contributed by atoms with Gasteiger partial charge in [-0.25, -0.2) is 4.98 Å². The molecule has 0 aliphatic carbocycles. The molecule has 0 unspecified atom stereocenters. The highest BCUT2D eigenvalue weighted by Gasteiger charge is 2.23. The minimum Gasteiger partial charge on any atom is -0.495 e. The molecule has 1 N–H and O–H groups in total. The maximum absolute atomic E-state index is 12.8. The Kier molecular flexibility index (Phi) is 6.26. The van der Waals surface area contributed by atoms with E-state index < -0.39 is 0 Å². The number of methoxy groups -OCH3 is 1. The third-order valence-electron chi connectivity index (χ3n) is 4.91. The van der Waals surface area contributed by atoms with Crippen molar-refractivity contribution in [1.29, 1.82) is 0 Å². The van der Waals surface area contributed by atoms with Gasteiger partial charge >= 0.3 is 0 Å². The first-order chi connectivity index (χ1) is 13.5. The third kappa shape index (κ3) is 4.48. The quantitative estimate of drug-likeness (QED) is 0.860. The van der Waals surface area contributed by atoms with E-state index in [0.717, 1.165) is 25.2 Å². The van der Waals surface area contributed by atoms with Gasteiger partial charge in [0, 0.05) is 26.2 Å². The molecule has 1 aromatic heterocycles. The molecule has 0 bridgehead atoms. The molecule has 0 spiro atoms. The zero-order valence-electron chi connectivity index (χ0n) is 16.6. The van der Waals surface area contributed by atoms with E-state index in [1.807, 2.05) is 19.1 Å². The van der Waals surface area contributed by atoms with Crippen LogP contribution in [0, 0.1) is 6.92 Å². The number of likely N-dealkylation sites (N-methyl/N-ethyl adjacent to an activating group) is 1. The molecule has 0 saturated carbocycles. The minimum absolute atomic E-state index is 0.140. The van der Waals surface area contributed by atoms with Gasteiger partial charge < -0.3 is 19.9 Å². The molecule has 0 atom stereocenters. The van der Waals surface area contributed by atoms with E-state index in [1.54, 1.807) is 36.3 Å². The van der Waals surface area contributed by atoms with Crippen molar-refractivity contribution in [2.24, 2.45) is 0 Å². The number of carbonyl (C=O) groups excluding carboxylic acids is 2. The second-order valence-corrected chi connectivity index (χ2v) is 6.79. The zero-order valence-corrected chi connectivity index (χ0v) is 16.6. The number of nitrogens with zero attached hydrogens (tertiary/aromatic N) is 3. The molecule has 28 heavy (non-hydrogen) atoms. The molecule has 2 aromatic rings. The highest BCUT2D eigenvalue weighted by molar-refractivity contribution is 6.04. The molecule has 1 saturated heterocycles. The van der Waals surface area contributed by atoms with Crippen molar-refractivity contribution in [3.8, 4) is 5.75 Å². The first-order valence-electron chi connectivity index (χ1n) is 9.46. The largest absolute Gasteiger partial charge is 0.495 e. The van der Waals surface area contributed by atoms with Crippen LogP contribution in [-0.4, -0.2) is 66.4 Å². The van der Waals surface area contributed by atoms with E-state index in [0.29, 0.717) is 24.5 Å². The Bertz CT molecular complexity index is 860. The first-order valence-corrected chi connectivity index (χ1v) is 9.46. The molecule has 7 nitrogen and oxygen atoms in total. The number of hydrogen-bond donors (Lipinski definition) is 1. The number of pyridine rings is 1. The SMILES string of the molecule is CCN1CCN(C(=O)c2cccc(C(=O)Nc3cc(C)ccc3OC)n2)CC1. The van der Waals surface area contributed by atoms with Crippen molar-refractivity contribution >= 4 is 17.5 Å². The van der Waals surface area contributed by atoms with Gasteiger partial charge in [-0.05, 0) is 43.3 Å². The van der Waals surface area contributed by atoms with Gasteiger partial charge in [0.2, 0.25) is 0 Å². The van der Waals surface area contributed by atoms with Crippen molar-refractivity contribution in [2.75, 3.05) is 45.2 Å². The second kappa shape index (κ2) is 8.84. The Balaban J connectivity index is 1.73. The predicted molar refractivity (Wildman–Crippen MR) is 108 cm³/mol. The van der Waals surface area contributed by atoms with Gasteiger partial charge in [0.05, 0.1) is 12.8 Å². The number of benzene rings is 1. The summed E-state index contributed by atoms with van der Waals surface area (Å²) in [6, 6.07) is 10.5. The lowest BCUT2D eigenvalue weighted by molar-refractivity contribution is 0.0637. The summed E-state index contributed by atoms with van der Waals surface area (Å²) >= 11 is 0. The number of hydrogen-bond acceptors (Lipinski definition) is 5. The molecule has 2 heterocycles. The van der Waals surface area contributed by atoms with Crippen molar-refractivity contribution in [1.82, 2.24) is 14.8 Å². The van der Waals surface area contributed by atoms with Crippen LogP contribution in [0.1, 0.15) is 33.5 Å². The lowest BCUT2D eigenvalue weighted by Crippen LogP contribution is -2.48. The number of rotatable bonds is 5. The van der Waals surface area contributed by atoms with Crippen LogP contribution in [-0.2, 0) is 0 Å². The third-order valence-corrected chi connectivity index (χ3v) is 4.91. The summed E-state index contributed by atoms with van der Waals surface area (Å²) in [5.74, 6) is 0.0490. The molecule has 1 aliphatic heterocycles. The average molecular weight is 382 g/mol. The summed E-state index contributed by atoms with van der Waals surface area (Å²) in [5.41, 5.74) is 2.05. The van der Waals surface area contributed by atoms with Crippen LogP contribution in [0.4, 0.5) is 5.69 Å². The van der Waals surface area contributed by atoms with Crippen LogP contribution >= 0.6 is 0 Å². The van der Waals surface area contributed by atoms with Crippen LogP contribution in [0.25, 0.3) is 0 Å². The van der Waals surface area contributed by atoms with Crippen LogP contribution in [0.5, 0.6) is 5.75 Å². The van der Waals surface area contributed by atoms with E-state index in [1.165, 1.54) is 0 Å². The van der Waals surface area contributed by atoms with Crippen LogP contribution < -0.4 is 10.1 Å². The van der Waals surface area contributed by atoms with Crippen LogP contribution in [0.2, 0.25) is 0 Å². The standard InChI is InChI=1S/C21H26N4O3/c1-4-24-10-12-25(13-11-24)21(27)17-7-5-6-16(22-17)20(26)23-18-14-15(2)8-9-19(18)28-3/h5-9,14H,4,10-13H2,1-3H3,(H,23,26). The van der Waals surface area contributed by atoms with Gasteiger partial charge in [-0.3, -0.25) is 9.59 Å². The molecule has 1 fully saturated rings. The summed E-state index contributed by atoms with van der Waals surface area (Å²) in [6.45, 7) is 8.09. The Hall–Kier alpha value is -2.93. The number of aryl methyl sites for hydroxylation is 1. The van der Waals surface area contributed by atoms with Crippen LogP contribution in [0.3, 0.4) is 0 Å². The van der Waals surface area contributed by atoms with Crippen LogP contribution in [0.15, 0.2) is 36.4 Å². The number of aromatic nitrogens is 1. The Morgan fingerprint density at radius 3 is 2.50 bits per heavy atom. The molecule has 148 valence electrons. The molecule has 3 rings (SSSR count). The minimum atomic E-state index is -0.380. The van der Waals surface area contributed by atoms with Crippen molar-refractivity contribution < 1.29 is 14.3 Å². The normalized spacial score (nSPS) is 14.6. The van der Waals surface area contributed by atoms with Gasteiger partial charge in [0.25, 0.3) is 11.8 Å². The summed E-state index contributed by atoms with van der Waals surface area (Å²) in [5, 5.41) is 2.82. The predicted octanol–water partition coefficient (Wildman–Crippen LogP) is 2.43. The van der Waals surface area contributed by atoms with E-state index in [4.69, 9.17) is 4.74 Å². The van der Waals surface area contributed by atoms with E-state index in [2.05, 4.69) is 22.1 Å². The van der Waals surface area contributed by atoms with Gasteiger partial charge in [0.1, 0.15) is 17.1 Å². The van der Waals surface area contributed by atoms with Gasteiger partial charge in [0.15, 0.2) is 0 Å². The maximum atomic E-state index is 12.8. The fourth-order valence-corrected chi connectivity index (χ4v) is 3.22. The number of piperazine rings is 1. The monoisotopic (exact) mass is 382 g/mol. The first kappa shape index (κ1) is 19.8. The summed E-state index contributed by atoms with van der Waals surface area (Å²) in [4.78, 5) is 33.8. The van der Waals surface area contributed by atoms with E-state index in [-0.39, 0.29) is 23.2 Å². The number of carbonyl (C=O) groups is 2. The Morgan fingerprint density at radius 2 is 1.82 bits per heavy atom. The van der Waals surface area contributed by atoms with Crippen molar-refractivity contribution in [3.63, 3.8) is 0 Å². The molecular formula is C21H26N4O3. The maximum Gasteiger partial charge on any atom is 0.274 e. The molecule has 1 aliphatic rings. The van der Waals surface area contributed by atoms with Crippen molar-refractivity contribution in [2.45, 2.75) is 13.8 Å². The van der Waals surface area contributed by atoms with Gasteiger partial charge in [-0.1, -0.05) is 19.1 Å². The van der Waals surface area contributed by atoms with Gasteiger partial charge in [-0.15, -0.1) is 0 Å². The molecular weight excluding hydrogens is 356 g/mol. The number of amides is 2. The molecule has 0 radical (unpaired) electrons. The topological polar surface area (TPSA) is 74.8 Å². The highest BCUT2D eigenvalue weighted by Crippen LogP contribution is 2.25. The fourth-order valence-electron chi connectivity index (χ4n) is 3.22. The molecule has 2 amide bonds. The summed E-state index contributed by atoms with van der Waals surface area (Å²) < 4.78 is 5.30. The second-order valence-electron chi connectivity index (χ2n) is 6.79.